The zero-order valence-corrected chi connectivity index (χ0v) is 12.6. The summed E-state index contributed by atoms with van der Waals surface area (Å²) in [5.41, 5.74) is 4.49. The van der Waals surface area contributed by atoms with Gasteiger partial charge in [0.2, 0.25) is 0 Å². The Bertz CT molecular complexity index is 743. The van der Waals surface area contributed by atoms with E-state index in [0.29, 0.717) is 0 Å². The lowest BCUT2D eigenvalue weighted by Gasteiger charge is -2.09. The average Bonchev–Trinajstić information content (AvgIpc) is 2.93. The van der Waals surface area contributed by atoms with Gasteiger partial charge in [-0.2, -0.15) is 0 Å². The third-order valence-corrected chi connectivity index (χ3v) is 3.64. The van der Waals surface area contributed by atoms with E-state index in [0.717, 1.165) is 36.4 Å². The molecule has 0 aliphatic carbocycles. The molecular weight excluding hydrogens is 258 g/mol. The number of hydrogen-bond acceptors (Lipinski definition) is 2. The lowest BCUT2D eigenvalue weighted by atomic mass is 10.1. The van der Waals surface area contributed by atoms with Gasteiger partial charge in [0.15, 0.2) is 0 Å². The number of aromatic nitrogens is 2. The normalized spacial score (nSPS) is 11.0. The van der Waals surface area contributed by atoms with Crippen molar-refractivity contribution in [2.75, 3.05) is 5.32 Å². The largest absolute Gasteiger partial charge is 0.379 e. The summed E-state index contributed by atoms with van der Waals surface area (Å²) in [6.07, 6.45) is 5.51. The average molecular weight is 279 g/mol. The minimum Gasteiger partial charge on any atom is -0.379 e. The molecule has 2 aromatic heterocycles. The lowest BCUT2D eigenvalue weighted by Crippen LogP contribution is -2.00. The van der Waals surface area contributed by atoms with Gasteiger partial charge in [0, 0.05) is 36.6 Å². The fourth-order valence-electron chi connectivity index (χ4n) is 2.58. The zero-order chi connectivity index (χ0) is 14.7. The van der Waals surface area contributed by atoms with E-state index in [2.05, 4.69) is 70.6 Å². The highest BCUT2D eigenvalue weighted by atomic mass is 14.9. The van der Waals surface area contributed by atoms with Crippen molar-refractivity contribution in [1.82, 2.24) is 9.55 Å². The first kappa shape index (κ1) is 13.7. The smallest absolute Gasteiger partial charge is 0.0936 e. The Hall–Kier alpha value is -2.29. The topological polar surface area (TPSA) is 29.9 Å². The van der Waals surface area contributed by atoms with Gasteiger partial charge in [-0.1, -0.05) is 25.1 Å². The number of nitrogens with one attached hydrogen (secondary N) is 1. The summed E-state index contributed by atoms with van der Waals surface area (Å²) in [7, 11) is 0. The van der Waals surface area contributed by atoms with Crippen LogP contribution in [0, 0.1) is 6.92 Å². The Morgan fingerprint density at radius 1 is 1.14 bits per heavy atom. The Morgan fingerprint density at radius 3 is 2.90 bits per heavy atom. The number of rotatable bonds is 5. The van der Waals surface area contributed by atoms with Gasteiger partial charge < -0.3 is 9.88 Å². The predicted octanol–water partition coefficient (Wildman–Crippen LogP) is 4.37. The number of pyridine rings is 1. The number of nitrogens with zero attached hydrogens (tertiary/aromatic N) is 2. The maximum absolute atomic E-state index is 4.65. The summed E-state index contributed by atoms with van der Waals surface area (Å²) < 4.78 is 2.24. The molecule has 0 fully saturated rings. The minimum atomic E-state index is 0.825. The molecule has 0 aliphatic heterocycles. The number of aryl methyl sites for hydroxylation is 2. The first-order valence-electron chi connectivity index (χ1n) is 7.51. The highest BCUT2D eigenvalue weighted by Gasteiger charge is 2.03. The van der Waals surface area contributed by atoms with Gasteiger partial charge >= 0.3 is 0 Å². The van der Waals surface area contributed by atoms with Crippen molar-refractivity contribution in [2.24, 2.45) is 0 Å². The molecule has 1 N–H and O–H groups in total. The molecule has 0 spiro atoms. The van der Waals surface area contributed by atoms with E-state index in [-0.39, 0.29) is 0 Å². The lowest BCUT2D eigenvalue weighted by molar-refractivity contribution is 0.682. The molecule has 0 saturated carbocycles. The summed E-state index contributed by atoms with van der Waals surface area (Å²) in [5, 5.41) is 4.69. The van der Waals surface area contributed by atoms with Crippen molar-refractivity contribution in [3.63, 3.8) is 0 Å². The monoisotopic (exact) mass is 279 g/mol. The van der Waals surface area contributed by atoms with E-state index in [4.69, 9.17) is 0 Å². The van der Waals surface area contributed by atoms with Gasteiger partial charge in [0.1, 0.15) is 0 Å². The molecule has 1 aromatic carbocycles. The van der Waals surface area contributed by atoms with Crippen LogP contribution in [0.15, 0.2) is 48.8 Å². The van der Waals surface area contributed by atoms with Crippen molar-refractivity contribution in [3.8, 4) is 0 Å². The third-order valence-electron chi connectivity index (χ3n) is 3.64. The summed E-state index contributed by atoms with van der Waals surface area (Å²) >= 11 is 0. The molecule has 0 aliphatic rings. The molecule has 0 bridgehead atoms. The Balaban J connectivity index is 1.79. The number of hydrogen-bond donors (Lipinski definition) is 1. The maximum Gasteiger partial charge on any atom is 0.0936 e. The summed E-state index contributed by atoms with van der Waals surface area (Å²) in [4.78, 5) is 4.65. The molecule has 3 nitrogen and oxygen atoms in total. The fraction of sp³-hybridized carbons (Fsp3) is 0.278. The SMILES string of the molecule is CCCn1ccc(CNc2cccc3ccc(C)nc23)c1. The Labute approximate surface area is 125 Å². The van der Waals surface area contributed by atoms with Crippen molar-refractivity contribution in [3.05, 3.63) is 60.0 Å². The van der Waals surface area contributed by atoms with Crippen LogP contribution in [0.2, 0.25) is 0 Å². The molecule has 21 heavy (non-hydrogen) atoms. The van der Waals surface area contributed by atoms with E-state index in [1.54, 1.807) is 0 Å². The molecule has 2 heterocycles. The van der Waals surface area contributed by atoms with E-state index in [9.17, 15) is 0 Å². The zero-order valence-electron chi connectivity index (χ0n) is 12.6. The highest BCUT2D eigenvalue weighted by molar-refractivity contribution is 5.90. The first-order chi connectivity index (χ1) is 10.3. The van der Waals surface area contributed by atoms with Crippen molar-refractivity contribution in [2.45, 2.75) is 33.4 Å². The standard InChI is InChI=1S/C18H21N3/c1-3-10-21-11-9-15(13-21)12-19-17-6-4-5-16-8-7-14(2)20-18(16)17/h4-9,11,13,19H,3,10,12H2,1-2H3. The number of benzene rings is 1. The number of para-hydroxylation sites is 1. The molecule has 108 valence electrons. The van der Waals surface area contributed by atoms with Crippen LogP contribution in [0.25, 0.3) is 10.9 Å². The van der Waals surface area contributed by atoms with Crippen LogP contribution < -0.4 is 5.32 Å². The second kappa shape index (κ2) is 6.00. The van der Waals surface area contributed by atoms with Crippen LogP contribution in [0.5, 0.6) is 0 Å². The van der Waals surface area contributed by atoms with Gasteiger partial charge in [-0.25, -0.2) is 0 Å². The fourth-order valence-corrected chi connectivity index (χ4v) is 2.58. The van der Waals surface area contributed by atoms with Crippen molar-refractivity contribution < 1.29 is 0 Å². The van der Waals surface area contributed by atoms with Gasteiger partial charge in [-0.15, -0.1) is 0 Å². The molecule has 0 radical (unpaired) electrons. The molecule has 3 aromatic rings. The van der Waals surface area contributed by atoms with Crippen LogP contribution in [0.3, 0.4) is 0 Å². The molecule has 0 saturated heterocycles. The number of fused-ring (bicyclic) bond motifs is 1. The maximum atomic E-state index is 4.65. The second-order valence-electron chi connectivity index (χ2n) is 5.44. The van der Waals surface area contributed by atoms with Crippen LogP contribution in [-0.2, 0) is 13.1 Å². The molecule has 0 atom stereocenters. The van der Waals surface area contributed by atoms with E-state index in [1.165, 1.54) is 10.9 Å². The van der Waals surface area contributed by atoms with Gasteiger partial charge in [0.05, 0.1) is 11.2 Å². The molecule has 0 amide bonds. The Kier molecular flexibility index (Phi) is 3.91. The summed E-state index contributed by atoms with van der Waals surface area (Å²) in [6, 6.07) is 12.6. The van der Waals surface area contributed by atoms with Crippen molar-refractivity contribution in [1.29, 1.82) is 0 Å². The van der Waals surface area contributed by atoms with Gasteiger partial charge in [-0.05, 0) is 37.1 Å². The van der Waals surface area contributed by atoms with Crippen LogP contribution in [0.4, 0.5) is 5.69 Å². The Morgan fingerprint density at radius 2 is 2.05 bits per heavy atom. The van der Waals surface area contributed by atoms with Crippen LogP contribution in [-0.4, -0.2) is 9.55 Å². The molecule has 0 unspecified atom stereocenters. The third kappa shape index (κ3) is 3.07. The van der Waals surface area contributed by atoms with Gasteiger partial charge in [0.25, 0.3) is 0 Å². The van der Waals surface area contributed by atoms with E-state index >= 15 is 0 Å². The second-order valence-corrected chi connectivity index (χ2v) is 5.44. The number of anilines is 1. The first-order valence-corrected chi connectivity index (χ1v) is 7.51. The molecular formula is C18H21N3. The van der Waals surface area contributed by atoms with Gasteiger partial charge in [-0.3, -0.25) is 4.98 Å². The predicted molar refractivity (Wildman–Crippen MR) is 88.5 cm³/mol. The quantitative estimate of drug-likeness (QED) is 0.751. The molecule has 3 rings (SSSR count). The van der Waals surface area contributed by atoms with E-state index < -0.39 is 0 Å². The van der Waals surface area contributed by atoms with E-state index in [1.807, 2.05) is 6.92 Å². The van der Waals surface area contributed by atoms with Crippen molar-refractivity contribution >= 4 is 16.6 Å². The molecule has 3 heteroatoms. The minimum absolute atomic E-state index is 0.825. The summed E-state index contributed by atoms with van der Waals surface area (Å²) in [6.45, 7) is 6.13. The summed E-state index contributed by atoms with van der Waals surface area (Å²) in [5.74, 6) is 0. The highest BCUT2D eigenvalue weighted by Crippen LogP contribution is 2.22. The van der Waals surface area contributed by atoms with Crippen LogP contribution >= 0.6 is 0 Å². The van der Waals surface area contributed by atoms with Crippen LogP contribution in [0.1, 0.15) is 24.6 Å².